The predicted molar refractivity (Wildman–Crippen MR) is 103 cm³/mol. The minimum Gasteiger partial charge on any atom is -0.378 e. The number of carbonyl (C=O) groups excluding carboxylic acids is 1. The second kappa shape index (κ2) is 7.33. The van der Waals surface area contributed by atoms with E-state index in [-0.39, 0.29) is 17.7 Å². The average molecular weight is 384 g/mol. The monoisotopic (exact) mass is 384 g/mol. The Hall–Kier alpha value is -2.19. The highest BCUT2D eigenvalue weighted by Gasteiger charge is 2.41. The molecule has 28 heavy (non-hydrogen) atoms. The van der Waals surface area contributed by atoms with Gasteiger partial charge in [-0.3, -0.25) is 14.4 Å². The molecule has 2 aromatic rings. The van der Waals surface area contributed by atoms with Crippen LogP contribution in [0, 0.1) is 5.92 Å². The van der Waals surface area contributed by atoms with E-state index in [1.165, 1.54) is 12.1 Å². The van der Waals surface area contributed by atoms with Gasteiger partial charge in [0.25, 0.3) is 0 Å². The number of carbonyl (C=O) groups is 1. The van der Waals surface area contributed by atoms with Gasteiger partial charge in [-0.15, -0.1) is 0 Å². The van der Waals surface area contributed by atoms with Crippen molar-refractivity contribution in [3.05, 3.63) is 35.7 Å². The lowest BCUT2D eigenvalue weighted by molar-refractivity contribution is -0.139. The van der Waals surface area contributed by atoms with Crippen LogP contribution in [0.1, 0.15) is 29.4 Å². The number of likely N-dealkylation sites (tertiary alicyclic amines) is 1. The third kappa shape index (κ3) is 3.35. The molecule has 0 saturated carbocycles. The lowest BCUT2D eigenvalue weighted by atomic mass is 9.92. The Labute approximate surface area is 165 Å². The zero-order chi connectivity index (χ0) is 19.1. The maximum Gasteiger partial charge on any atom is 0.227 e. The SMILES string of the molecule is Cn1cnc([C@@H]2CN(Cc3cc4n(n3)CCC4)C[C@H]2C(=O)N2CCOCC2)c1. The minimum atomic E-state index is -0.0533. The number of rotatable bonds is 4. The van der Waals surface area contributed by atoms with Crippen molar-refractivity contribution in [2.75, 3.05) is 39.4 Å². The molecule has 5 heterocycles. The zero-order valence-electron chi connectivity index (χ0n) is 16.5. The Morgan fingerprint density at radius 1 is 1.25 bits per heavy atom. The third-order valence-corrected chi connectivity index (χ3v) is 6.24. The van der Waals surface area contributed by atoms with Crippen molar-refractivity contribution >= 4 is 5.91 Å². The molecule has 0 spiro atoms. The first-order chi connectivity index (χ1) is 13.7. The van der Waals surface area contributed by atoms with Crippen LogP contribution in [-0.2, 0) is 36.1 Å². The molecule has 0 bridgehead atoms. The first kappa shape index (κ1) is 17.9. The number of morpholine rings is 1. The maximum atomic E-state index is 13.3. The van der Waals surface area contributed by atoms with Crippen molar-refractivity contribution in [3.8, 4) is 0 Å². The molecule has 2 atom stereocenters. The lowest BCUT2D eigenvalue weighted by Crippen LogP contribution is -2.45. The van der Waals surface area contributed by atoms with Crippen molar-refractivity contribution < 1.29 is 9.53 Å². The first-order valence-electron chi connectivity index (χ1n) is 10.3. The van der Waals surface area contributed by atoms with Crippen LogP contribution < -0.4 is 0 Å². The van der Waals surface area contributed by atoms with E-state index in [2.05, 4.69) is 26.8 Å². The molecule has 0 unspecified atom stereocenters. The van der Waals surface area contributed by atoms with E-state index < -0.39 is 0 Å². The molecule has 150 valence electrons. The molecule has 0 N–H and O–H groups in total. The maximum absolute atomic E-state index is 13.3. The summed E-state index contributed by atoms with van der Waals surface area (Å²) < 4.78 is 9.53. The van der Waals surface area contributed by atoms with Crippen molar-refractivity contribution in [3.63, 3.8) is 0 Å². The Bertz CT molecular complexity index is 831. The smallest absolute Gasteiger partial charge is 0.227 e. The standard InChI is InChI=1S/C20H28N6O2/c1-23-13-19(21-14-23)17-11-24(10-15-9-16-3-2-4-26(16)22-15)12-18(17)20(27)25-5-7-28-8-6-25/h9,13-14,17-18H,2-8,10-12H2,1H3/t17-,18-/m1/s1. The van der Waals surface area contributed by atoms with E-state index in [4.69, 9.17) is 9.84 Å². The molecule has 8 heteroatoms. The highest BCUT2D eigenvalue weighted by molar-refractivity contribution is 5.80. The highest BCUT2D eigenvalue weighted by Crippen LogP contribution is 2.34. The number of fused-ring (bicyclic) bond motifs is 1. The Morgan fingerprint density at radius 3 is 2.86 bits per heavy atom. The van der Waals surface area contributed by atoms with E-state index >= 15 is 0 Å². The molecule has 5 rings (SSSR count). The molecular weight excluding hydrogens is 356 g/mol. The van der Waals surface area contributed by atoms with Crippen LogP contribution in [0.25, 0.3) is 0 Å². The summed E-state index contributed by atoms with van der Waals surface area (Å²) in [4.78, 5) is 22.2. The summed E-state index contributed by atoms with van der Waals surface area (Å²) in [6.45, 7) is 6.10. The van der Waals surface area contributed by atoms with Crippen molar-refractivity contribution in [1.29, 1.82) is 0 Å². The second-order valence-corrected chi connectivity index (χ2v) is 8.26. The summed E-state index contributed by atoms with van der Waals surface area (Å²) >= 11 is 0. The lowest BCUT2D eigenvalue weighted by Gasteiger charge is -2.30. The third-order valence-electron chi connectivity index (χ3n) is 6.24. The number of amides is 1. The van der Waals surface area contributed by atoms with Gasteiger partial charge < -0.3 is 14.2 Å². The van der Waals surface area contributed by atoms with E-state index in [1.54, 1.807) is 0 Å². The van der Waals surface area contributed by atoms with Crippen molar-refractivity contribution in [2.24, 2.45) is 13.0 Å². The van der Waals surface area contributed by atoms with Gasteiger partial charge in [-0.1, -0.05) is 0 Å². The van der Waals surface area contributed by atoms with Gasteiger partial charge in [0.1, 0.15) is 0 Å². The van der Waals surface area contributed by atoms with E-state index in [1.807, 2.05) is 22.8 Å². The number of hydrogen-bond acceptors (Lipinski definition) is 5. The van der Waals surface area contributed by atoms with Crippen LogP contribution in [-0.4, -0.2) is 74.4 Å². The fraction of sp³-hybridized carbons (Fsp3) is 0.650. The normalized spacial score (nSPS) is 25.4. The number of aromatic nitrogens is 4. The van der Waals surface area contributed by atoms with Crippen LogP contribution in [0.3, 0.4) is 0 Å². The van der Waals surface area contributed by atoms with E-state index in [0.29, 0.717) is 26.3 Å². The van der Waals surface area contributed by atoms with Gasteiger partial charge in [0.15, 0.2) is 0 Å². The molecule has 0 aliphatic carbocycles. The molecular formula is C20H28N6O2. The number of aryl methyl sites for hydroxylation is 3. The summed E-state index contributed by atoms with van der Waals surface area (Å²) in [7, 11) is 1.98. The van der Waals surface area contributed by atoms with Crippen LogP contribution in [0.4, 0.5) is 0 Å². The fourth-order valence-corrected chi connectivity index (χ4v) is 4.83. The van der Waals surface area contributed by atoms with E-state index in [0.717, 1.165) is 44.0 Å². The molecule has 0 radical (unpaired) electrons. The fourth-order valence-electron chi connectivity index (χ4n) is 4.83. The summed E-state index contributed by atoms with van der Waals surface area (Å²) in [5, 5.41) is 4.76. The average Bonchev–Trinajstić information content (AvgIpc) is 3.46. The summed E-state index contributed by atoms with van der Waals surface area (Å²) in [6, 6.07) is 2.24. The van der Waals surface area contributed by atoms with Crippen LogP contribution >= 0.6 is 0 Å². The topological polar surface area (TPSA) is 68.4 Å². The largest absolute Gasteiger partial charge is 0.378 e. The molecule has 3 aliphatic rings. The quantitative estimate of drug-likeness (QED) is 0.774. The number of nitrogens with zero attached hydrogens (tertiary/aromatic N) is 6. The summed E-state index contributed by atoms with van der Waals surface area (Å²) in [5.41, 5.74) is 3.48. The summed E-state index contributed by atoms with van der Waals surface area (Å²) in [6.07, 6.45) is 6.21. The molecule has 0 aromatic carbocycles. The number of ether oxygens (including phenoxy) is 1. The molecule has 2 saturated heterocycles. The van der Waals surface area contributed by atoms with Crippen LogP contribution in [0.15, 0.2) is 18.6 Å². The Kier molecular flexibility index (Phi) is 4.68. The number of hydrogen-bond donors (Lipinski definition) is 0. The van der Waals surface area contributed by atoms with Gasteiger partial charge in [0, 0.05) is 64.1 Å². The summed E-state index contributed by atoms with van der Waals surface area (Å²) in [5.74, 6) is 0.322. The Morgan fingerprint density at radius 2 is 2.11 bits per heavy atom. The van der Waals surface area contributed by atoms with Crippen molar-refractivity contribution in [1.82, 2.24) is 29.1 Å². The van der Waals surface area contributed by atoms with Crippen LogP contribution in [0.2, 0.25) is 0 Å². The molecule has 3 aliphatic heterocycles. The predicted octanol–water partition coefficient (Wildman–Crippen LogP) is 0.637. The van der Waals surface area contributed by atoms with Crippen LogP contribution in [0.5, 0.6) is 0 Å². The van der Waals surface area contributed by atoms with E-state index in [9.17, 15) is 4.79 Å². The molecule has 2 aromatic heterocycles. The zero-order valence-corrected chi connectivity index (χ0v) is 16.5. The van der Waals surface area contributed by atoms with Gasteiger partial charge in [-0.05, 0) is 18.9 Å². The number of imidazole rings is 1. The second-order valence-electron chi connectivity index (χ2n) is 8.26. The molecule has 2 fully saturated rings. The van der Waals surface area contributed by atoms with Crippen molar-refractivity contribution in [2.45, 2.75) is 31.8 Å². The van der Waals surface area contributed by atoms with Gasteiger partial charge in [0.2, 0.25) is 5.91 Å². The van der Waals surface area contributed by atoms with Gasteiger partial charge in [0.05, 0.1) is 36.8 Å². The molecule has 1 amide bonds. The van der Waals surface area contributed by atoms with Gasteiger partial charge in [-0.2, -0.15) is 5.10 Å². The molecule has 8 nitrogen and oxygen atoms in total. The first-order valence-corrected chi connectivity index (χ1v) is 10.3. The highest BCUT2D eigenvalue weighted by atomic mass is 16.5. The van der Waals surface area contributed by atoms with Gasteiger partial charge in [-0.25, -0.2) is 4.98 Å². The minimum absolute atomic E-state index is 0.0533. The van der Waals surface area contributed by atoms with Gasteiger partial charge >= 0.3 is 0 Å². The Balaban J connectivity index is 1.34.